The van der Waals surface area contributed by atoms with E-state index < -0.39 is 0 Å². The Morgan fingerprint density at radius 1 is 0.364 bits per heavy atom. The van der Waals surface area contributed by atoms with E-state index in [1.54, 1.807) is 0 Å². The molecule has 0 bridgehead atoms. The Morgan fingerprint density at radius 2 is 0.955 bits per heavy atom. The first-order valence-corrected chi connectivity index (χ1v) is 15.2. The Labute approximate surface area is 255 Å². The average molecular weight is 561 g/mol. The van der Waals surface area contributed by atoms with Gasteiger partial charge in [-0.25, -0.2) is 0 Å². The number of aryl methyl sites for hydroxylation is 1. The highest BCUT2D eigenvalue weighted by molar-refractivity contribution is 6.23. The van der Waals surface area contributed by atoms with Crippen LogP contribution in [-0.2, 0) is 0 Å². The molecule has 1 aromatic heterocycles. The van der Waals surface area contributed by atoms with Crippen molar-refractivity contribution in [2.24, 2.45) is 0 Å². The number of furan rings is 1. The summed E-state index contributed by atoms with van der Waals surface area (Å²) in [5.41, 5.74) is 10.5. The van der Waals surface area contributed by atoms with Crippen molar-refractivity contribution in [3.63, 3.8) is 0 Å². The Kier molecular flexibility index (Phi) is 5.48. The van der Waals surface area contributed by atoms with Crippen LogP contribution in [0.15, 0.2) is 156 Å². The van der Waals surface area contributed by atoms with Gasteiger partial charge in [0.05, 0.1) is 0 Å². The van der Waals surface area contributed by atoms with Gasteiger partial charge in [0.25, 0.3) is 0 Å². The maximum Gasteiger partial charge on any atom is 0.143 e. The topological polar surface area (TPSA) is 13.1 Å². The molecule has 0 saturated heterocycles. The van der Waals surface area contributed by atoms with Gasteiger partial charge in [-0.3, -0.25) is 0 Å². The molecule has 0 N–H and O–H groups in total. The van der Waals surface area contributed by atoms with E-state index in [0.29, 0.717) is 0 Å². The zero-order valence-electron chi connectivity index (χ0n) is 24.3. The molecule has 8 aromatic carbocycles. The summed E-state index contributed by atoms with van der Waals surface area (Å²) in [5, 5.41) is 9.63. The number of benzene rings is 8. The van der Waals surface area contributed by atoms with E-state index >= 15 is 0 Å². The molecule has 0 atom stereocenters. The van der Waals surface area contributed by atoms with Gasteiger partial charge < -0.3 is 4.42 Å². The van der Waals surface area contributed by atoms with Crippen molar-refractivity contribution in [3.05, 3.63) is 157 Å². The molecule has 0 saturated carbocycles. The first-order valence-electron chi connectivity index (χ1n) is 15.2. The highest BCUT2D eigenvalue weighted by Crippen LogP contribution is 2.46. The molecule has 206 valence electrons. The predicted molar refractivity (Wildman–Crippen MR) is 187 cm³/mol. The largest absolute Gasteiger partial charge is 0.455 e. The molecule has 0 aliphatic heterocycles. The number of hydrogen-bond donors (Lipinski definition) is 0. The predicted octanol–water partition coefficient (Wildman–Crippen LogP) is 12.4. The normalized spacial score (nSPS) is 11.8. The third-order valence-corrected chi connectivity index (χ3v) is 9.12. The van der Waals surface area contributed by atoms with Crippen LogP contribution in [0.3, 0.4) is 0 Å². The van der Waals surface area contributed by atoms with Crippen molar-refractivity contribution >= 4 is 54.3 Å². The van der Waals surface area contributed by atoms with Gasteiger partial charge in [-0.2, -0.15) is 0 Å². The minimum absolute atomic E-state index is 0.912. The molecule has 0 unspecified atom stereocenters. The van der Waals surface area contributed by atoms with Gasteiger partial charge in [-0.1, -0.05) is 133 Å². The highest BCUT2D eigenvalue weighted by Gasteiger charge is 2.19. The van der Waals surface area contributed by atoms with Crippen LogP contribution in [-0.4, -0.2) is 0 Å². The minimum atomic E-state index is 0.912. The van der Waals surface area contributed by atoms with E-state index in [1.165, 1.54) is 65.9 Å². The van der Waals surface area contributed by atoms with Gasteiger partial charge in [0.15, 0.2) is 0 Å². The summed E-state index contributed by atoms with van der Waals surface area (Å²) < 4.78 is 6.50. The van der Waals surface area contributed by atoms with E-state index in [9.17, 15) is 0 Å². The minimum Gasteiger partial charge on any atom is -0.455 e. The summed E-state index contributed by atoms with van der Waals surface area (Å²) in [5.74, 6) is 0. The van der Waals surface area contributed by atoms with Crippen LogP contribution in [0.1, 0.15) is 5.56 Å². The molecule has 1 heteroatoms. The monoisotopic (exact) mass is 560 g/mol. The second kappa shape index (κ2) is 9.69. The molecule has 0 spiro atoms. The van der Waals surface area contributed by atoms with E-state index in [4.69, 9.17) is 4.42 Å². The van der Waals surface area contributed by atoms with Crippen molar-refractivity contribution in [1.82, 2.24) is 0 Å². The summed E-state index contributed by atoms with van der Waals surface area (Å²) in [6.07, 6.45) is 0. The lowest BCUT2D eigenvalue weighted by Gasteiger charge is -2.19. The van der Waals surface area contributed by atoms with Crippen LogP contribution >= 0.6 is 0 Å². The second-order valence-corrected chi connectivity index (χ2v) is 11.8. The molecule has 0 aliphatic rings. The van der Waals surface area contributed by atoms with Gasteiger partial charge in [0, 0.05) is 16.2 Å². The molecular formula is C43H28O. The quantitative estimate of drug-likeness (QED) is 0.196. The molecule has 0 fully saturated rings. The zero-order chi connectivity index (χ0) is 29.2. The lowest BCUT2D eigenvalue weighted by Crippen LogP contribution is -1.91. The van der Waals surface area contributed by atoms with Crippen molar-refractivity contribution in [3.8, 4) is 33.4 Å². The van der Waals surface area contributed by atoms with Gasteiger partial charge in [0.1, 0.15) is 11.2 Å². The maximum absolute atomic E-state index is 6.50. The van der Waals surface area contributed by atoms with Crippen LogP contribution in [0.5, 0.6) is 0 Å². The van der Waals surface area contributed by atoms with Gasteiger partial charge in [-0.05, 0) is 91.5 Å². The number of fused-ring (bicyclic) bond motifs is 7. The summed E-state index contributed by atoms with van der Waals surface area (Å²) in [4.78, 5) is 0. The fourth-order valence-corrected chi connectivity index (χ4v) is 6.99. The summed E-state index contributed by atoms with van der Waals surface area (Å²) in [6, 6.07) is 55.1. The Morgan fingerprint density at radius 3 is 1.75 bits per heavy atom. The molecule has 0 aliphatic carbocycles. The first kappa shape index (κ1) is 24.9. The molecule has 1 nitrogen and oxygen atoms in total. The number of rotatable bonds is 3. The standard InChI is InChI=1S/C43H28O/c1-27-15-17-28(18-16-27)31-20-22-36-39(25-31)42(35-14-8-7-13-34(35)41(36)30-10-3-2-4-11-30)32-21-24-40-38(26-32)37-23-19-29-9-5-6-12-33(29)43(37)44-40/h2-26H,1H3. The third-order valence-electron chi connectivity index (χ3n) is 9.12. The smallest absolute Gasteiger partial charge is 0.143 e. The molecule has 9 aromatic rings. The molecule has 44 heavy (non-hydrogen) atoms. The van der Waals surface area contributed by atoms with Gasteiger partial charge in [0.2, 0.25) is 0 Å². The van der Waals surface area contributed by atoms with Crippen LogP contribution in [0.4, 0.5) is 0 Å². The van der Waals surface area contributed by atoms with E-state index in [0.717, 1.165) is 27.3 Å². The summed E-state index contributed by atoms with van der Waals surface area (Å²) in [6.45, 7) is 2.14. The fraction of sp³-hybridized carbons (Fsp3) is 0.0233. The Hall–Kier alpha value is -5.66. The van der Waals surface area contributed by atoms with Gasteiger partial charge >= 0.3 is 0 Å². The summed E-state index contributed by atoms with van der Waals surface area (Å²) in [7, 11) is 0. The fourth-order valence-electron chi connectivity index (χ4n) is 6.99. The van der Waals surface area contributed by atoms with Crippen LogP contribution in [0, 0.1) is 6.92 Å². The van der Waals surface area contributed by atoms with Crippen LogP contribution in [0.2, 0.25) is 0 Å². The highest BCUT2D eigenvalue weighted by atomic mass is 16.3. The van der Waals surface area contributed by atoms with Gasteiger partial charge in [-0.15, -0.1) is 0 Å². The molecule has 0 radical (unpaired) electrons. The van der Waals surface area contributed by atoms with E-state index in [2.05, 4.69) is 159 Å². The van der Waals surface area contributed by atoms with Crippen molar-refractivity contribution in [2.45, 2.75) is 6.92 Å². The van der Waals surface area contributed by atoms with E-state index in [1.807, 2.05) is 0 Å². The van der Waals surface area contributed by atoms with Crippen LogP contribution in [0.25, 0.3) is 87.6 Å². The van der Waals surface area contributed by atoms with Crippen molar-refractivity contribution < 1.29 is 4.42 Å². The molecular weight excluding hydrogens is 532 g/mol. The summed E-state index contributed by atoms with van der Waals surface area (Å²) >= 11 is 0. The average Bonchev–Trinajstić information content (AvgIpc) is 3.46. The molecule has 9 rings (SSSR count). The van der Waals surface area contributed by atoms with E-state index in [-0.39, 0.29) is 0 Å². The SMILES string of the molecule is Cc1ccc(-c2ccc3c(-c4ccccc4)c4ccccc4c(-c4ccc5oc6c7ccccc7ccc6c5c4)c3c2)cc1. The number of hydrogen-bond acceptors (Lipinski definition) is 1. The second-order valence-electron chi connectivity index (χ2n) is 11.8. The first-order chi connectivity index (χ1) is 21.7. The maximum atomic E-state index is 6.50. The zero-order valence-corrected chi connectivity index (χ0v) is 24.3. The lowest BCUT2D eigenvalue weighted by molar-refractivity contribution is 0.672. The Balaban J connectivity index is 1.39. The Bertz CT molecular complexity index is 2530. The van der Waals surface area contributed by atoms with Crippen molar-refractivity contribution in [1.29, 1.82) is 0 Å². The lowest BCUT2D eigenvalue weighted by atomic mass is 9.84. The third kappa shape index (κ3) is 3.80. The molecule has 0 amide bonds. The van der Waals surface area contributed by atoms with Crippen molar-refractivity contribution in [2.75, 3.05) is 0 Å². The van der Waals surface area contributed by atoms with Crippen LogP contribution < -0.4 is 0 Å². The molecule has 1 heterocycles.